The molecular weight excluding hydrogens is 206 g/mol. The van der Waals surface area contributed by atoms with Crippen molar-refractivity contribution in [2.24, 2.45) is 5.73 Å². The maximum atomic E-state index is 11.5. The predicted octanol–water partition coefficient (Wildman–Crippen LogP) is 1.32. The first-order valence-electron chi connectivity index (χ1n) is 5.12. The number of carbonyl (C=O) groups is 1. The molecule has 0 atom stereocenters. The second-order valence-electron chi connectivity index (χ2n) is 3.34. The zero-order valence-electron chi connectivity index (χ0n) is 9.19. The molecule has 0 spiro atoms. The molecule has 1 rings (SSSR count). The third-order valence-corrected chi connectivity index (χ3v) is 2.01. The number of rotatable bonds is 5. The molecule has 5 nitrogen and oxygen atoms in total. The third kappa shape index (κ3) is 3.34. The minimum atomic E-state index is -0.393. The van der Waals surface area contributed by atoms with E-state index < -0.39 is 5.97 Å². The molecule has 86 valence electrons. The van der Waals surface area contributed by atoms with E-state index in [-0.39, 0.29) is 5.84 Å². The average Bonchev–Trinajstić information content (AvgIpc) is 2.29. The zero-order valence-corrected chi connectivity index (χ0v) is 9.19. The van der Waals surface area contributed by atoms with Crippen molar-refractivity contribution in [2.45, 2.75) is 19.8 Å². The molecule has 0 fully saturated rings. The third-order valence-electron chi connectivity index (χ3n) is 2.01. The van der Waals surface area contributed by atoms with Gasteiger partial charge in [-0.15, -0.1) is 0 Å². The number of nitrogens with two attached hydrogens (primary N) is 1. The molecule has 0 aliphatic rings. The second kappa shape index (κ2) is 5.85. The quantitative estimate of drug-likeness (QED) is 0.339. The number of pyridine rings is 1. The molecule has 0 saturated heterocycles. The number of unbranched alkanes of at least 4 members (excludes halogenated alkanes) is 1. The Hall–Kier alpha value is -1.91. The van der Waals surface area contributed by atoms with Crippen LogP contribution in [0.1, 0.15) is 35.8 Å². The largest absolute Gasteiger partial charge is 0.462 e. The molecule has 0 radical (unpaired) electrons. The summed E-state index contributed by atoms with van der Waals surface area (Å²) in [6.45, 7) is 2.45. The van der Waals surface area contributed by atoms with Crippen LogP contribution in [0.3, 0.4) is 0 Å². The Morgan fingerprint density at radius 3 is 2.81 bits per heavy atom. The van der Waals surface area contributed by atoms with Crippen LogP contribution in [-0.4, -0.2) is 23.4 Å². The van der Waals surface area contributed by atoms with E-state index in [1.165, 1.54) is 12.3 Å². The number of nitrogen functional groups attached to an aromatic ring is 1. The lowest BCUT2D eigenvalue weighted by molar-refractivity contribution is 0.0499. The molecule has 16 heavy (non-hydrogen) atoms. The van der Waals surface area contributed by atoms with E-state index >= 15 is 0 Å². The molecule has 1 aromatic rings. The van der Waals surface area contributed by atoms with Crippen LogP contribution in [0, 0.1) is 5.41 Å². The molecule has 1 aromatic heterocycles. The van der Waals surface area contributed by atoms with Gasteiger partial charge in [-0.05, 0) is 18.6 Å². The van der Waals surface area contributed by atoms with Gasteiger partial charge in [-0.3, -0.25) is 10.4 Å². The van der Waals surface area contributed by atoms with E-state index in [0.717, 1.165) is 12.8 Å². The van der Waals surface area contributed by atoms with Crippen molar-refractivity contribution in [3.05, 3.63) is 29.6 Å². The highest BCUT2D eigenvalue weighted by Gasteiger charge is 2.07. The predicted molar refractivity (Wildman–Crippen MR) is 60.4 cm³/mol. The van der Waals surface area contributed by atoms with E-state index in [1.54, 1.807) is 6.07 Å². The topological polar surface area (TPSA) is 89.1 Å². The number of carbonyl (C=O) groups excluding carboxylic acids is 1. The minimum Gasteiger partial charge on any atom is -0.462 e. The number of nitrogens with zero attached hydrogens (tertiary/aromatic N) is 1. The summed E-state index contributed by atoms with van der Waals surface area (Å²) < 4.78 is 5.00. The fourth-order valence-electron chi connectivity index (χ4n) is 1.07. The summed E-state index contributed by atoms with van der Waals surface area (Å²) in [5.74, 6) is -0.512. The number of hydrogen-bond donors (Lipinski definition) is 2. The smallest absolute Gasteiger partial charge is 0.339 e. The Morgan fingerprint density at radius 1 is 1.56 bits per heavy atom. The Morgan fingerprint density at radius 2 is 2.31 bits per heavy atom. The molecule has 5 heteroatoms. The van der Waals surface area contributed by atoms with Gasteiger partial charge in [-0.25, -0.2) is 4.79 Å². The van der Waals surface area contributed by atoms with Gasteiger partial charge in [0.25, 0.3) is 0 Å². The minimum absolute atomic E-state index is 0.120. The first-order chi connectivity index (χ1) is 7.65. The van der Waals surface area contributed by atoms with Crippen molar-refractivity contribution in [1.82, 2.24) is 4.98 Å². The summed E-state index contributed by atoms with van der Waals surface area (Å²) >= 11 is 0. The number of aromatic nitrogens is 1. The molecule has 0 aliphatic carbocycles. The summed E-state index contributed by atoms with van der Waals surface area (Å²) in [5.41, 5.74) is 5.97. The van der Waals surface area contributed by atoms with Gasteiger partial charge in [-0.1, -0.05) is 13.3 Å². The number of ether oxygens (including phenoxy) is 1. The van der Waals surface area contributed by atoms with Gasteiger partial charge >= 0.3 is 5.97 Å². The Bertz CT molecular complexity index is 373. The van der Waals surface area contributed by atoms with E-state index in [2.05, 4.69) is 4.98 Å². The van der Waals surface area contributed by atoms with Crippen LogP contribution >= 0.6 is 0 Å². The normalized spacial score (nSPS) is 9.81. The first-order valence-corrected chi connectivity index (χ1v) is 5.12. The Kier molecular flexibility index (Phi) is 4.44. The standard InChI is InChI=1S/C11H15N3O2/c1-2-3-6-16-11(15)8-4-5-9(10(12)13)14-7-8/h4-5,7H,2-3,6H2,1H3,(H3,12,13). The van der Waals surface area contributed by atoms with Crippen LogP contribution in [0.15, 0.2) is 18.3 Å². The monoisotopic (exact) mass is 221 g/mol. The van der Waals surface area contributed by atoms with Gasteiger partial charge in [-0.2, -0.15) is 0 Å². The second-order valence-corrected chi connectivity index (χ2v) is 3.34. The molecule has 0 bridgehead atoms. The van der Waals surface area contributed by atoms with Gasteiger partial charge < -0.3 is 10.5 Å². The highest BCUT2D eigenvalue weighted by atomic mass is 16.5. The summed E-state index contributed by atoms with van der Waals surface area (Å²) in [6, 6.07) is 3.08. The maximum absolute atomic E-state index is 11.5. The van der Waals surface area contributed by atoms with Gasteiger partial charge in [0.2, 0.25) is 0 Å². The van der Waals surface area contributed by atoms with Crippen molar-refractivity contribution in [3.8, 4) is 0 Å². The van der Waals surface area contributed by atoms with E-state index in [1.807, 2.05) is 6.92 Å². The van der Waals surface area contributed by atoms with Crippen LogP contribution in [0.4, 0.5) is 0 Å². The van der Waals surface area contributed by atoms with Crippen LogP contribution in [-0.2, 0) is 4.74 Å². The van der Waals surface area contributed by atoms with Gasteiger partial charge in [0.05, 0.1) is 12.2 Å². The SMILES string of the molecule is CCCCOC(=O)c1ccc(C(=N)N)nc1. The summed E-state index contributed by atoms with van der Waals surface area (Å²) in [6.07, 6.45) is 3.20. The average molecular weight is 221 g/mol. The fourth-order valence-corrected chi connectivity index (χ4v) is 1.07. The molecular formula is C11H15N3O2. The Labute approximate surface area is 94.1 Å². The van der Waals surface area contributed by atoms with E-state index in [4.69, 9.17) is 15.9 Å². The summed E-state index contributed by atoms with van der Waals surface area (Å²) in [7, 11) is 0. The van der Waals surface area contributed by atoms with Crippen LogP contribution in [0.25, 0.3) is 0 Å². The molecule has 0 aliphatic heterocycles. The number of nitrogens with one attached hydrogen (secondary N) is 1. The molecule has 0 unspecified atom stereocenters. The van der Waals surface area contributed by atoms with Gasteiger partial charge in [0.15, 0.2) is 0 Å². The van der Waals surface area contributed by atoms with Crippen LogP contribution < -0.4 is 5.73 Å². The van der Waals surface area contributed by atoms with Crippen molar-refractivity contribution in [2.75, 3.05) is 6.61 Å². The number of esters is 1. The maximum Gasteiger partial charge on any atom is 0.339 e. The molecule has 1 heterocycles. The van der Waals surface area contributed by atoms with Gasteiger partial charge in [0.1, 0.15) is 11.5 Å². The zero-order chi connectivity index (χ0) is 12.0. The van der Waals surface area contributed by atoms with Crippen molar-refractivity contribution in [3.63, 3.8) is 0 Å². The number of amidine groups is 1. The lowest BCUT2D eigenvalue weighted by Gasteiger charge is -2.03. The summed E-state index contributed by atoms with van der Waals surface area (Å²) in [4.78, 5) is 15.3. The fraction of sp³-hybridized carbons (Fsp3) is 0.364. The Balaban J connectivity index is 2.59. The molecule has 0 aromatic carbocycles. The van der Waals surface area contributed by atoms with Crippen molar-refractivity contribution in [1.29, 1.82) is 5.41 Å². The summed E-state index contributed by atoms with van der Waals surface area (Å²) in [5, 5.41) is 7.15. The first kappa shape index (κ1) is 12.2. The highest BCUT2D eigenvalue weighted by molar-refractivity contribution is 5.94. The molecule has 3 N–H and O–H groups in total. The highest BCUT2D eigenvalue weighted by Crippen LogP contribution is 2.03. The number of hydrogen-bond acceptors (Lipinski definition) is 4. The van der Waals surface area contributed by atoms with Crippen molar-refractivity contribution < 1.29 is 9.53 Å². The van der Waals surface area contributed by atoms with Gasteiger partial charge in [0, 0.05) is 6.20 Å². The van der Waals surface area contributed by atoms with E-state index in [0.29, 0.717) is 17.9 Å². The van der Waals surface area contributed by atoms with Crippen LogP contribution in [0.5, 0.6) is 0 Å². The lowest BCUT2D eigenvalue weighted by atomic mass is 10.2. The van der Waals surface area contributed by atoms with E-state index in [9.17, 15) is 4.79 Å². The lowest BCUT2D eigenvalue weighted by Crippen LogP contribution is -2.14. The molecule has 0 saturated carbocycles. The van der Waals surface area contributed by atoms with Crippen LogP contribution in [0.2, 0.25) is 0 Å². The van der Waals surface area contributed by atoms with Crippen molar-refractivity contribution >= 4 is 11.8 Å². The molecule has 0 amide bonds.